The van der Waals surface area contributed by atoms with Gasteiger partial charge in [0, 0.05) is 12.4 Å². The largest absolute Gasteiger partial charge is 0.363 e. The topological polar surface area (TPSA) is 66.2 Å². The van der Waals surface area contributed by atoms with Gasteiger partial charge in [0.1, 0.15) is 5.69 Å². The number of aromatic nitrogens is 2. The van der Waals surface area contributed by atoms with Crippen LogP contribution in [-0.2, 0) is 0 Å². The minimum absolute atomic E-state index is 0.0116. The lowest BCUT2D eigenvalue weighted by Gasteiger charge is -2.01. The first-order chi connectivity index (χ1) is 5.72. The summed E-state index contributed by atoms with van der Waals surface area (Å²) in [4.78, 5) is 7.17. The van der Waals surface area contributed by atoms with Crippen molar-refractivity contribution in [3.05, 3.63) is 23.2 Å². The molecule has 0 aliphatic rings. The van der Waals surface area contributed by atoms with Crippen molar-refractivity contribution in [2.24, 2.45) is 0 Å². The van der Waals surface area contributed by atoms with Crippen LogP contribution < -0.4 is 0 Å². The first kappa shape index (κ1) is 11.3. The summed E-state index contributed by atoms with van der Waals surface area (Å²) in [7, 11) is 0. The monoisotopic (exact) mass is 190 g/mol. The van der Waals surface area contributed by atoms with Gasteiger partial charge in [0.25, 0.3) is 0 Å². The minimum atomic E-state index is -1.65. The second-order valence-electron chi connectivity index (χ2n) is 1.61. The Balaban J connectivity index is 0.000000561. The molecule has 0 amide bonds. The molecule has 0 aromatic carbocycles. The van der Waals surface area contributed by atoms with E-state index >= 15 is 0 Å². The van der Waals surface area contributed by atoms with Crippen LogP contribution in [0.15, 0.2) is 12.4 Å². The van der Waals surface area contributed by atoms with Crippen molar-refractivity contribution in [2.45, 2.75) is 20.1 Å². The van der Waals surface area contributed by atoms with Gasteiger partial charge in [0.15, 0.2) is 11.4 Å². The van der Waals surface area contributed by atoms with Gasteiger partial charge >= 0.3 is 0 Å². The Morgan fingerprint density at radius 2 is 1.75 bits per heavy atom. The van der Waals surface area contributed by atoms with Crippen LogP contribution in [0.2, 0.25) is 5.15 Å². The molecule has 0 aliphatic carbocycles. The highest BCUT2D eigenvalue weighted by Gasteiger charge is 2.08. The number of hydrogen-bond acceptors (Lipinski definition) is 4. The third-order valence-corrected chi connectivity index (χ3v) is 1.22. The summed E-state index contributed by atoms with van der Waals surface area (Å²) >= 11 is 5.43. The molecule has 5 heteroatoms. The second-order valence-corrected chi connectivity index (χ2v) is 1.96. The van der Waals surface area contributed by atoms with Gasteiger partial charge in [-0.25, -0.2) is 4.98 Å². The van der Waals surface area contributed by atoms with Gasteiger partial charge in [-0.05, 0) is 0 Å². The molecule has 0 bridgehead atoms. The smallest absolute Gasteiger partial charge is 0.199 e. The van der Waals surface area contributed by atoms with Crippen molar-refractivity contribution in [2.75, 3.05) is 0 Å². The Kier molecular flexibility index (Phi) is 5.53. The third-order valence-electron chi connectivity index (χ3n) is 0.924. The Bertz CT molecular complexity index is 230. The number of nitrogens with zero attached hydrogens (tertiary/aromatic N) is 2. The van der Waals surface area contributed by atoms with E-state index in [0.717, 1.165) is 0 Å². The van der Waals surface area contributed by atoms with E-state index < -0.39 is 6.29 Å². The molecule has 1 rings (SSSR count). The van der Waals surface area contributed by atoms with Crippen molar-refractivity contribution >= 4 is 11.6 Å². The van der Waals surface area contributed by atoms with Crippen molar-refractivity contribution < 1.29 is 10.2 Å². The van der Waals surface area contributed by atoms with Crippen LogP contribution in [0.4, 0.5) is 0 Å². The van der Waals surface area contributed by atoms with Crippen molar-refractivity contribution in [3.8, 4) is 0 Å². The Hall–Kier alpha value is -0.710. The summed E-state index contributed by atoms with van der Waals surface area (Å²) in [6.07, 6.45) is 1.05. The Labute approximate surface area is 75.9 Å². The predicted octanol–water partition coefficient (Wildman–Crippen LogP) is 1.14. The van der Waals surface area contributed by atoms with E-state index in [1.54, 1.807) is 0 Å². The van der Waals surface area contributed by atoms with Gasteiger partial charge in [-0.3, -0.25) is 4.98 Å². The molecule has 0 spiro atoms. The molecule has 0 fully saturated rings. The number of halogens is 1. The Morgan fingerprint density at radius 3 is 2.08 bits per heavy atom. The van der Waals surface area contributed by atoms with E-state index in [9.17, 15) is 0 Å². The number of rotatable bonds is 1. The Morgan fingerprint density at radius 1 is 1.25 bits per heavy atom. The molecule has 0 saturated heterocycles. The molecule has 0 radical (unpaired) electrons. The third kappa shape index (κ3) is 3.13. The molecule has 0 aliphatic heterocycles. The molecule has 12 heavy (non-hydrogen) atoms. The molecular formula is C7H11ClN2O2. The lowest BCUT2D eigenvalue weighted by atomic mass is 10.4. The van der Waals surface area contributed by atoms with Crippen LogP contribution in [0.1, 0.15) is 25.8 Å². The zero-order chi connectivity index (χ0) is 9.56. The van der Waals surface area contributed by atoms with E-state index in [4.69, 9.17) is 21.8 Å². The molecule has 68 valence electrons. The highest BCUT2D eigenvalue weighted by Crippen LogP contribution is 2.14. The van der Waals surface area contributed by atoms with Gasteiger partial charge < -0.3 is 10.2 Å². The van der Waals surface area contributed by atoms with Crippen molar-refractivity contribution in [1.29, 1.82) is 0 Å². The molecule has 4 nitrogen and oxygen atoms in total. The van der Waals surface area contributed by atoms with Crippen molar-refractivity contribution in [3.63, 3.8) is 0 Å². The predicted molar refractivity (Wildman–Crippen MR) is 45.6 cm³/mol. The molecule has 1 heterocycles. The molecule has 0 saturated carbocycles. The van der Waals surface area contributed by atoms with Crippen LogP contribution >= 0.6 is 11.6 Å². The maximum atomic E-state index is 8.57. The molecule has 0 atom stereocenters. The standard InChI is InChI=1S/C5H5ClN2O2.C2H6/c6-4-3(5(9)10)7-1-2-8-4;1-2/h1-2,5,9-10H;1-2H3. The summed E-state index contributed by atoms with van der Waals surface area (Å²) < 4.78 is 0. The normalized spacial score (nSPS) is 9.17. The SMILES string of the molecule is CC.OC(O)c1nccnc1Cl. The van der Waals surface area contributed by atoms with Gasteiger partial charge in [-0.1, -0.05) is 25.4 Å². The molecule has 1 aromatic heterocycles. The first-order valence-electron chi connectivity index (χ1n) is 3.54. The average Bonchev–Trinajstić information content (AvgIpc) is 2.08. The maximum Gasteiger partial charge on any atom is 0.199 e. The van der Waals surface area contributed by atoms with E-state index in [-0.39, 0.29) is 10.8 Å². The number of hydrogen-bond donors (Lipinski definition) is 2. The fraction of sp³-hybridized carbons (Fsp3) is 0.429. The van der Waals surface area contributed by atoms with E-state index in [1.807, 2.05) is 13.8 Å². The lowest BCUT2D eigenvalue weighted by Crippen LogP contribution is -2.00. The van der Waals surface area contributed by atoms with Crippen LogP contribution in [0.25, 0.3) is 0 Å². The first-order valence-corrected chi connectivity index (χ1v) is 3.92. The fourth-order valence-electron chi connectivity index (χ4n) is 0.505. The van der Waals surface area contributed by atoms with Gasteiger partial charge in [0.05, 0.1) is 0 Å². The second kappa shape index (κ2) is 5.88. The summed E-state index contributed by atoms with van der Waals surface area (Å²) in [5, 5.41) is 17.2. The maximum absolute atomic E-state index is 8.57. The van der Waals surface area contributed by atoms with E-state index in [1.165, 1.54) is 12.4 Å². The molecule has 2 N–H and O–H groups in total. The van der Waals surface area contributed by atoms with Gasteiger partial charge in [0.2, 0.25) is 0 Å². The van der Waals surface area contributed by atoms with Crippen LogP contribution in [0.3, 0.4) is 0 Å². The lowest BCUT2D eigenvalue weighted by molar-refractivity contribution is -0.0460. The molecule has 0 unspecified atom stereocenters. The van der Waals surface area contributed by atoms with Crippen molar-refractivity contribution in [1.82, 2.24) is 9.97 Å². The number of aliphatic hydroxyl groups excluding tert-OH is 1. The van der Waals surface area contributed by atoms with Crippen LogP contribution in [-0.4, -0.2) is 20.2 Å². The zero-order valence-corrected chi connectivity index (χ0v) is 7.65. The van der Waals surface area contributed by atoms with E-state index in [2.05, 4.69) is 9.97 Å². The van der Waals surface area contributed by atoms with Crippen LogP contribution in [0, 0.1) is 0 Å². The summed E-state index contributed by atoms with van der Waals surface area (Å²) in [5.74, 6) is 0. The average molecular weight is 191 g/mol. The van der Waals surface area contributed by atoms with Crippen LogP contribution in [0.5, 0.6) is 0 Å². The van der Waals surface area contributed by atoms with Gasteiger partial charge in [-0.15, -0.1) is 0 Å². The summed E-state index contributed by atoms with van der Waals surface area (Å²) in [6, 6.07) is 0. The van der Waals surface area contributed by atoms with Gasteiger partial charge in [-0.2, -0.15) is 0 Å². The molecular weight excluding hydrogens is 180 g/mol. The number of aliphatic hydroxyl groups is 2. The zero-order valence-electron chi connectivity index (χ0n) is 6.90. The fourth-order valence-corrected chi connectivity index (χ4v) is 0.708. The molecule has 1 aromatic rings. The quantitative estimate of drug-likeness (QED) is 0.652. The van der Waals surface area contributed by atoms with E-state index in [0.29, 0.717) is 0 Å². The minimum Gasteiger partial charge on any atom is -0.363 e. The summed E-state index contributed by atoms with van der Waals surface area (Å²) in [5.41, 5.74) is -0.0239. The highest BCUT2D eigenvalue weighted by molar-refractivity contribution is 6.30. The summed E-state index contributed by atoms with van der Waals surface area (Å²) in [6.45, 7) is 4.00. The highest BCUT2D eigenvalue weighted by atomic mass is 35.5.